The van der Waals surface area contributed by atoms with E-state index in [0.717, 1.165) is 39.7 Å². The zero-order valence-corrected chi connectivity index (χ0v) is 27.1. The van der Waals surface area contributed by atoms with E-state index in [1.54, 1.807) is 44.7 Å². The van der Waals surface area contributed by atoms with Gasteiger partial charge < -0.3 is 25.3 Å². The fourth-order valence-corrected chi connectivity index (χ4v) is 5.83. The van der Waals surface area contributed by atoms with Crippen molar-refractivity contribution in [1.29, 1.82) is 0 Å². The average molecular weight is 648 g/mol. The fraction of sp³-hybridized carbons (Fsp3) is 0.243. The number of ether oxygens (including phenoxy) is 3. The predicted molar refractivity (Wildman–Crippen MR) is 185 cm³/mol. The van der Waals surface area contributed by atoms with E-state index >= 15 is 0 Å². The lowest BCUT2D eigenvalue weighted by Gasteiger charge is -2.23. The quantitative estimate of drug-likeness (QED) is 0.219. The summed E-state index contributed by atoms with van der Waals surface area (Å²) in [5, 5.41) is 2.83. The maximum Gasteiger partial charge on any atom is 0.335 e. The van der Waals surface area contributed by atoms with Crippen LogP contribution < -0.4 is 31.8 Å². The second-order valence-corrected chi connectivity index (χ2v) is 11.8. The van der Waals surface area contributed by atoms with Crippen LogP contribution in [0.2, 0.25) is 0 Å². The molecule has 0 aliphatic carbocycles. The van der Waals surface area contributed by atoms with E-state index in [2.05, 4.69) is 10.3 Å². The molecule has 3 heterocycles. The summed E-state index contributed by atoms with van der Waals surface area (Å²) in [7, 11) is 3.17. The maximum absolute atomic E-state index is 13.7. The molecule has 1 aliphatic heterocycles. The van der Waals surface area contributed by atoms with Crippen LogP contribution in [-0.2, 0) is 11.3 Å². The van der Waals surface area contributed by atoms with Gasteiger partial charge in [0.15, 0.2) is 11.5 Å². The van der Waals surface area contributed by atoms with Gasteiger partial charge in [0.2, 0.25) is 0 Å². The molecule has 0 saturated carbocycles. The van der Waals surface area contributed by atoms with Crippen LogP contribution in [0.4, 0.5) is 11.5 Å². The van der Waals surface area contributed by atoms with Crippen molar-refractivity contribution in [2.45, 2.75) is 26.3 Å². The molecule has 5 aromatic rings. The molecule has 48 heavy (non-hydrogen) atoms. The number of amides is 1. The third-order valence-corrected chi connectivity index (χ3v) is 8.58. The first kappa shape index (κ1) is 32.3. The summed E-state index contributed by atoms with van der Waals surface area (Å²) in [6, 6.07) is 21.7. The molecule has 1 amide bonds. The molecule has 2 aromatic heterocycles. The third kappa shape index (κ3) is 6.72. The summed E-state index contributed by atoms with van der Waals surface area (Å²) in [5.41, 5.74) is 10.0. The molecule has 3 N–H and O–H groups in total. The smallest absolute Gasteiger partial charge is 0.335 e. The van der Waals surface area contributed by atoms with E-state index in [4.69, 9.17) is 19.9 Å². The van der Waals surface area contributed by atoms with Gasteiger partial charge in [-0.15, -0.1) is 0 Å². The second-order valence-electron chi connectivity index (χ2n) is 11.8. The number of hydrogen-bond acceptors (Lipinski definition) is 8. The Hall–Kier alpha value is -5.68. The minimum atomic E-state index is -0.688. The van der Waals surface area contributed by atoms with Crippen molar-refractivity contribution < 1.29 is 19.0 Å². The highest BCUT2D eigenvalue weighted by Crippen LogP contribution is 2.35. The Bertz CT molecular complexity index is 2060. The minimum Gasteiger partial charge on any atom is -0.493 e. The van der Waals surface area contributed by atoms with Crippen molar-refractivity contribution in [3.63, 3.8) is 0 Å². The molecular formula is C37H37N5O6. The van der Waals surface area contributed by atoms with Crippen molar-refractivity contribution >= 4 is 17.4 Å². The van der Waals surface area contributed by atoms with Crippen LogP contribution >= 0.6 is 0 Å². The molecule has 1 aliphatic rings. The molecule has 0 atom stereocenters. The van der Waals surface area contributed by atoms with Crippen LogP contribution in [-0.4, -0.2) is 47.5 Å². The Balaban J connectivity index is 1.29. The average Bonchev–Trinajstić information content (AvgIpc) is 3.11. The third-order valence-electron chi connectivity index (χ3n) is 8.58. The predicted octanol–water partition coefficient (Wildman–Crippen LogP) is 5.31. The number of nitrogen functional groups attached to an aromatic ring is 1. The minimum absolute atomic E-state index is 0.137. The number of benzene rings is 3. The molecule has 11 heteroatoms. The molecule has 0 bridgehead atoms. The summed E-state index contributed by atoms with van der Waals surface area (Å²) in [6.45, 7) is 3.53. The van der Waals surface area contributed by atoms with E-state index < -0.39 is 17.2 Å². The molecule has 3 aromatic carbocycles. The Labute approximate surface area is 277 Å². The van der Waals surface area contributed by atoms with Gasteiger partial charge in [0.25, 0.3) is 11.5 Å². The fourth-order valence-electron chi connectivity index (χ4n) is 5.83. The highest BCUT2D eigenvalue weighted by atomic mass is 16.5. The van der Waals surface area contributed by atoms with Crippen LogP contribution in [0.25, 0.3) is 27.9 Å². The Morgan fingerprint density at radius 1 is 0.917 bits per heavy atom. The number of nitrogens with two attached hydrogens (primary N) is 1. The van der Waals surface area contributed by atoms with Gasteiger partial charge in [-0.3, -0.25) is 14.2 Å². The lowest BCUT2D eigenvalue weighted by Crippen LogP contribution is -2.43. The van der Waals surface area contributed by atoms with Crippen LogP contribution in [0, 0.1) is 12.8 Å². The Morgan fingerprint density at radius 3 is 2.29 bits per heavy atom. The monoisotopic (exact) mass is 647 g/mol. The standard InChI is InChI=1S/C37H37N5O6/c1-23-4-11-29(12-5-23)42-36(44)31(22-41(37(42)45)21-24-14-16-48-17-15-24)35(43)40-28-9-6-25(7-10-28)30-18-27(20-39-34(30)38)26-8-13-32(46-2)33(19-26)47-3/h4-13,18-20,22,24H,14-17,21H2,1-3H3,(H2,38,39)(H,40,43). The molecule has 246 valence electrons. The molecule has 0 spiro atoms. The highest BCUT2D eigenvalue weighted by molar-refractivity contribution is 6.04. The van der Waals surface area contributed by atoms with Gasteiger partial charge in [0, 0.05) is 49.0 Å². The van der Waals surface area contributed by atoms with Gasteiger partial charge in [0.1, 0.15) is 11.4 Å². The van der Waals surface area contributed by atoms with Crippen LogP contribution in [0.3, 0.4) is 0 Å². The number of anilines is 2. The largest absolute Gasteiger partial charge is 0.493 e. The molecule has 1 saturated heterocycles. The number of nitrogens with zero attached hydrogens (tertiary/aromatic N) is 3. The van der Waals surface area contributed by atoms with Crippen molar-refractivity contribution in [1.82, 2.24) is 14.1 Å². The van der Waals surface area contributed by atoms with E-state index in [-0.39, 0.29) is 11.5 Å². The summed E-state index contributed by atoms with van der Waals surface area (Å²) in [4.78, 5) is 45.3. The first-order chi connectivity index (χ1) is 23.2. The van der Waals surface area contributed by atoms with Gasteiger partial charge in [-0.25, -0.2) is 14.3 Å². The number of aryl methyl sites for hydroxylation is 1. The van der Waals surface area contributed by atoms with Crippen LogP contribution in [0.15, 0.2) is 94.8 Å². The topological polar surface area (TPSA) is 140 Å². The first-order valence-corrected chi connectivity index (χ1v) is 15.7. The second kappa shape index (κ2) is 14.0. The van der Waals surface area contributed by atoms with E-state index in [0.29, 0.717) is 54.0 Å². The summed E-state index contributed by atoms with van der Waals surface area (Å²) in [6.07, 6.45) is 4.66. The molecular weight excluding hydrogens is 610 g/mol. The Morgan fingerprint density at radius 2 is 1.60 bits per heavy atom. The van der Waals surface area contributed by atoms with Gasteiger partial charge in [-0.2, -0.15) is 0 Å². The van der Waals surface area contributed by atoms with E-state index in [1.165, 1.54) is 10.8 Å². The first-order valence-electron chi connectivity index (χ1n) is 15.7. The van der Waals surface area contributed by atoms with Crippen LogP contribution in [0.1, 0.15) is 28.8 Å². The maximum atomic E-state index is 13.7. The van der Waals surface area contributed by atoms with Gasteiger partial charge >= 0.3 is 5.69 Å². The Kier molecular flexibility index (Phi) is 9.40. The van der Waals surface area contributed by atoms with Crippen LogP contribution in [0.5, 0.6) is 11.5 Å². The van der Waals surface area contributed by atoms with E-state index in [9.17, 15) is 14.4 Å². The normalized spacial score (nSPS) is 13.2. The molecule has 0 radical (unpaired) electrons. The highest BCUT2D eigenvalue weighted by Gasteiger charge is 2.22. The SMILES string of the molecule is COc1ccc(-c2cnc(N)c(-c3ccc(NC(=O)c4cn(CC5CCOCC5)c(=O)n(-c5ccc(C)cc5)c4=O)cc3)c2)cc1OC. The zero-order valence-electron chi connectivity index (χ0n) is 27.1. The number of carbonyl (C=O) groups excluding carboxylic acids is 1. The molecule has 0 unspecified atom stereocenters. The van der Waals surface area contributed by atoms with Gasteiger partial charge in [0.05, 0.1) is 19.9 Å². The van der Waals surface area contributed by atoms with Crippen molar-refractivity contribution in [3.05, 3.63) is 117 Å². The zero-order chi connectivity index (χ0) is 33.8. The number of aromatic nitrogens is 3. The van der Waals surface area contributed by atoms with Crippen molar-refractivity contribution in [2.24, 2.45) is 5.92 Å². The number of pyridine rings is 1. The summed E-state index contributed by atoms with van der Waals surface area (Å²) in [5.74, 6) is 1.13. The van der Waals surface area contributed by atoms with Gasteiger partial charge in [-0.1, -0.05) is 35.9 Å². The summed E-state index contributed by atoms with van der Waals surface area (Å²) < 4.78 is 18.8. The van der Waals surface area contributed by atoms with E-state index in [1.807, 2.05) is 55.5 Å². The molecule has 1 fully saturated rings. The number of rotatable bonds is 9. The number of carbonyl (C=O) groups is 1. The van der Waals surface area contributed by atoms with Crippen molar-refractivity contribution in [3.8, 4) is 39.4 Å². The lowest BCUT2D eigenvalue weighted by molar-refractivity contribution is 0.0607. The number of methoxy groups -OCH3 is 2. The van der Waals surface area contributed by atoms with Crippen molar-refractivity contribution in [2.75, 3.05) is 38.5 Å². The number of hydrogen-bond donors (Lipinski definition) is 2. The van der Waals surface area contributed by atoms with Gasteiger partial charge in [-0.05, 0) is 79.3 Å². The lowest BCUT2D eigenvalue weighted by atomic mass is 10.0. The summed E-state index contributed by atoms with van der Waals surface area (Å²) >= 11 is 0. The number of nitrogens with one attached hydrogen (secondary N) is 1. The molecule has 6 rings (SSSR count). The molecule has 11 nitrogen and oxygen atoms in total.